The van der Waals surface area contributed by atoms with Crippen molar-refractivity contribution in [1.29, 1.82) is 0 Å². The number of aryl methyl sites for hydroxylation is 3. The average Bonchev–Trinajstić information content (AvgIpc) is 3.13. The van der Waals surface area contributed by atoms with Crippen molar-refractivity contribution < 1.29 is 14.3 Å². The first-order valence-corrected chi connectivity index (χ1v) is 12.1. The number of carbonyl (C=O) groups excluding carboxylic acids is 1. The molecular weight excluding hydrogens is 434 g/mol. The highest BCUT2D eigenvalue weighted by Gasteiger charge is 2.20. The third-order valence-corrected chi connectivity index (χ3v) is 7.48. The Bertz CT molecular complexity index is 1190. The van der Waals surface area contributed by atoms with Gasteiger partial charge < -0.3 is 19.8 Å². The Kier molecular flexibility index (Phi) is 6.52. The number of fused-ring (bicyclic) bond motifs is 3. The van der Waals surface area contributed by atoms with Crippen LogP contribution in [0.3, 0.4) is 0 Å². The zero-order chi connectivity index (χ0) is 22.0. The third kappa shape index (κ3) is 4.57. The number of thioether (sulfide) groups is 1. The first-order valence-electron chi connectivity index (χ1n) is 10.1. The molecule has 0 saturated carbocycles. The lowest BCUT2D eigenvalue weighted by molar-refractivity contribution is -0.113. The predicted octanol–water partition coefficient (Wildman–Crippen LogP) is 4.06. The van der Waals surface area contributed by atoms with Crippen molar-refractivity contribution in [3.63, 3.8) is 0 Å². The summed E-state index contributed by atoms with van der Waals surface area (Å²) in [7, 11) is 3.14. The Balaban J connectivity index is 1.40. The number of rotatable bonds is 7. The monoisotopic (exact) mass is 459 g/mol. The summed E-state index contributed by atoms with van der Waals surface area (Å²) < 4.78 is 10.6. The van der Waals surface area contributed by atoms with Gasteiger partial charge in [-0.1, -0.05) is 0 Å². The number of thiophene rings is 1. The van der Waals surface area contributed by atoms with Gasteiger partial charge in [0.05, 0.1) is 31.1 Å². The summed E-state index contributed by atoms with van der Waals surface area (Å²) in [5, 5.41) is 3.67. The lowest BCUT2D eigenvalue weighted by atomic mass is 9.97. The van der Waals surface area contributed by atoms with Crippen molar-refractivity contribution in [2.24, 2.45) is 0 Å². The second kappa shape index (κ2) is 9.32. The van der Waals surface area contributed by atoms with Crippen LogP contribution in [0.2, 0.25) is 0 Å². The topological polar surface area (TPSA) is 93.3 Å². The van der Waals surface area contributed by atoms with Crippen molar-refractivity contribution in [1.82, 2.24) is 9.97 Å². The number of benzene rings is 1. The number of amides is 1. The molecule has 0 saturated heterocycles. The summed E-state index contributed by atoms with van der Waals surface area (Å²) in [4.78, 5) is 34.7. The number of nitrogens with zero attached hydrogens (tertiary/aromatic N) is 1. The SMILES string of the molecule is COc1cc(C)c(NC(=O)CSCc2nc3sc4c(c3c(=O)[nH]2)CCCC4)cc1OC. The maximum absolute atomic E-state index is 12.6. The van der Waals surface area contributed by atoms with E-state index in [1.165, 1.54) is 28.6 Å². The lowest BCUT2D eigenvalue weighted by Crippen LogP contribution is -2.16. The Morgan fingerprint density at radius 2 is 1.97 bits per heavy atom. The van der Waals surface area contributed by atoms with Crippen LogP contribution in [0.4, 0.5) is 5.69 Å². The highest BCUT2D eigenvalue weighted by molar-refractivity contribution is 7.99. The second-order valence-electron chi connectivity index (χ2n) is 7.47. The van der Waals surface area contributed by atoms with Crippen LogP contribution in [-0.2, 0) is 23.4 Å². The van der Waals surface area contributed by atoms with Crippen molar-refractivity contribution in [3.05, 3.63) is 44.3 Å². The van der Waals surface area contributed by atoms with E-state index in [0.717, 1.165) is 35.0 Å². The molecule has 4 rings (SSSR count). The summed E-state index contributed by atoms with van der Waals surface area (Å²) in [6.07, 6.45) is 4.30. The summed E-state index contributed by atoms with van der Waals surface area (Å²) in [6, 6.07) is 3.58. The van der Waals surface area contributed by atoms with E-state index < -0.39 is 0 Å². The molecule has 0 fully saturated rings. The van der Waals surface area contributed by atoms with Gasteiger partial charge in [-0.05, 0) is 49.8 Å². The number of anilines is 1. The van der Waals surface area contributed by atoms with Gasteiger partial charge in [0, 0.05) is 16.6 Å². The van der Waals surface area contributed by atoms with Gasteiger partial charge >= 0.3 is 0 Å². The van der Waals surface area contributed by atoms with Crippen LogP contribution < -0.4 is 20.3 Å². The molecule has 0 spiro atoms. The van der Waals surface area contributed by atoms with E-state index in [1.54, 1.807) is 31.6 Å². The second-order valence-corrected chi connectivity index (χ2v) is 9.54. The summed E-state index contributed by atoms with van der Waals surface area (Å²) in [6.45, 7) is 1.90. The van der Waals surface area contributed by atoms with Crippen molar-refractivity contribution in [2.45, 2.75) is 38.4 Å². The van der Waals surface area contributed by atoms with Crippen molar-refractivity contribution in [3.8, 4) is 11.5 Å². The quantitative estimate of drug-likeness (QED) is 0.553. The van der Waals surface area contributed by atoms with Gasteiger partial charge in [-0.25, -0.2) is 4.98 Å². The Labute approximate surface area is 188 Å². The van der Waals surface area contributed by atoms with Gasteiger partial charge in [0.25, 0.3) is 5.56 Å². The fraction of sp³-hybridized carbons (Fsp3) is 0.409. The largest absolute Gasteiger partial charge is 0.493 e. The van der Waals surface area contributed by atoms with Crippen molar-refractivity contribution >= 4 is 44.9 Å². The zero-order valence-corrected chi connectivity index (χ0v) is 19.4. The normalized spacial score (nSPS) is 13.1. The third-order valence-electron chi connectivity index (χ3n) is 5.35. The van der Waals surface area contributed by atoms with Crippen molar-refractivity contribution in [2.75, 3.05) is 25.3 Å². The maximum atomic E-state index is 12.6. The average molecular weight is 460 g/mol. The van der Waals surface area contributed by atoms with Gasteiger partial charge in [-0.15, -0.1) is 23.1 Å². The number of H-pyrrole nitrogens is 1. The molecule has 0 atom stereocenters. The van der Waals surface area contributed by atoms with Crippen LogP contribution in [0.15, 0.2) is 16.9 Å². The van der Waals surface area contributed by atoms with E-state index in [-0.39, 0.29) is 17.2 Å². The van der Waals surface area contributed by atoms with Gasteiger partial charge in [0.1, 0.15) is 10.7 Å². The fourth-order valence-electron chi connectivity index (χ4n) is 3.82. The van der Waals surface area contributed by atoms with E-state index in [4.69, 9.17) is 9.47 Å². The molecule has 1 amide bonds. The Morgan fingerprint density at radius 1 is 1.23 bits per heavy atom. The predicted molar refractivity (Wildman–Crippen MR) is 126 cm³/mol. The highest BCUT2D eigenvalue weighted by Crippen LogP contribution is 2.34. The van der Waals surface area contributed by atoms with E-state index in [9.17, 15) is 9.59 Å². The molecule has 0 aliphatic heterocycles. The molecule has 0 bridgehead atoms. The molecule has 2 aromatic heterocycles. The Morgan fingerprint density at radius 3 is 2.74 bits per heavy atom. The smallest absolute Gasteiger partial charge is 0.259 e. The molecule has 1 aromatic carbocycles. The summed E-state index contributed by atoms with van der Waals surface area (Å²) >= 11 is 3.05. The maximum Gasteiger partial charge on any atom is 0.259 e. The number of aromatic nitrogens is 2. The number of hydrogen-bond acceptors (Lipinski definition) is 7. The van der Waals surface area contributed by atoms with Crippen LogP contribution in [0.1, 0.15) is 34.7 Å². The Hall–Kier alpha value is -2.52. The molecule has 164 valence electrons. The molecule has 1 aliphatic rings. The van der Waals surface area contributed by atoms with E-state index in [0.29, 0.717) is 28.8 Å². The van der Waals surface area contributed by atoms with Gasteiger partial charge in [-0.3, -0.25) is 9.59 Å². The fourth-order valence-corrected chi connectivity index (χ4v) is 5.79. The molecule has 1 aliphatic carbocycles. The van der Waals surface area contributed by atoms with Gasteiger partial charge in [0.15, 0.2) is 11.5 Å². The van der Waals surface area contributed by atoms with Crippen LogP contribution in [0.5, 0.6) is 11.5 Å². The minimum absolute atomic E-state index is 0.0644. The van der Waals surface area contributed by atoms with Crippen LogP contribution >= 0.6 is 23.1 Å². The number of methoxy groups -OCH3 is 2. The minimum Gasteiger partial charge on any atom is -0.493 e. The van der Waals surface area contributed by atoms with Gasteiger partial charge in [-0.2, -0.15) is 0 Å². The molecule has 7 nitrogen and oxygen atoms in total. The van der Waals surface area contributed by atoms with E-state index in [1.807, 2.05) is 13.0 Å². The first-order chi connectivity index (χ1) is 15.0. The number of ether oxygens (including phenoxy) is 2. The first kappa shape index (κ1) is 21.7. The number of aromatic amines is 1. The van der Waals surface area contributed by atoms with E-state index >= 15 is 0 Å². The lowest BCUT2D eigenvalue weighted by Gasteiger charge is -2.13. The summed E-state index contributed by atoms with van der Waals surface area (Å²) in [5.41, 5.74) is 2.68. The number of hydrogen-bond donors (Lipinski definition) is 2. The minimum atomic E-state index is -0.129. The molecule has 2 N–H and O–H groups in total. The van der Waals surface area contributed by atoms with Crippen LogP contribution in [0.25, 0.3) is 10.2 Å². The number of nitrogens with one attached hydrogen (secondary N) is 2. The molecule has 2 heterocycles. The standard InChI is InChI=1S/C22H25N3O4S2/c1-12-8-15(28-2)16(29-3)9-14(12)23-19(26)11-30-10-18-24-21(27)20-13-6-4-5-7-17(13)31-22(20)25-18/h8-9H,4-7,10-11H2,1-3H3,(H,23,26)(H,24,25,27). The van der Waals surface area contributed by atoms with E-state index in [2.05, 4.69) is 15.3 Å². The molecule has 31 heavy (non-hydrogen) atoms. The molecule has 9 heteroatoms. The highest BCUT2D eigenvalue weighted by atomic mass is 32.2. The molecule has 0 unspecified atom stereocenters. The summed E-state index contributed by atoms with van der Waals surface area (Å²) in [5.74, 6) is 2.37. The number of carbonyl (C=O) groups is 1. The van der Waals surface area contributed by atoms with Crippen LogP contribution in [0, 0.1) is 6.92 Å². The van der Waals surface area contributed by atoms with Gasteiger partial charge in [0.2, 0.25) is 5.91 Å². The zero-order valence-electron chi connectivity index (χ0n) is 17.8. The molecule has 0 radical (unpaired) electrons. The molecule has 3 aromatic rings. The van der Waals surface area contributed by atoms with Crippen LogP contribution in [-0.4, -0.2) is 35.8 Å². The molecular formula is C22H25N3O4S2.